The van der Waals surface area contributed by atoms with Gasteiger partial charge in [-0.3, -0.25) is 0 Å². The number of aromatic nitrogens is 3. The van der Waals surface area contributed by atoms with Gasteiger partial charge in [0.25, 0.3) is 0 Å². The molecule has 0 bridgehead atoms. The second kappa shape index (κ2) is 7.35. The highest BCUT2D eigenvalue weighted by atomic mass is 15.3. The molecule has 2 fully saturated rings. The Bertz CT molecular complexity index is 728. The number of nitrogen functional groups attached to an aromatic ring is 1. The molecule has 26 heavy (non-hydrogen) atoms. The Hall–Kier alpha value is -2.57. The summed E-state index contributed by atoms with van der Waals surface area (Å²) >= 11 is 0. The summed E-state index contributed by atoms with van der Waals surface area (Å²) in [6.45, 7) is 7.93. The topological polar surface area (TPSA) is 74.4 Å². The Morgan fingerprint density at radius 2 is 1.65 bits per heavy atom. The molecule has 0 aliphatic carbocycles. The third-order valence-corrected chi connectivity index (χ3v) is 5.35. The first-order valence-corrected chi connectivity index (χ1v) is 9.48. The number of piperidine rings is 1. The van der Waals surface area contributed by atoms with Crippen molar-refractivity contribution in [2.24, 2.45) is 5.92 Å². The maximum absolute atomic E-state index is 6.50. The van der Waals surface area contributed by atoms with E-state index >= 15 is 0 Å². The number of nitrogens with zero attached hydrogens (tertiary/aromatic N) is 6. The SMILES string of the molecule is CC1CCCN(c2ncnc(N3CCN(c4ccccn4)CC3)c2N)C1. The quantitative estimate of drug-likeness (QED) is 0.905. The van der Waals surface area contributed by atoms with Crippen LogP contribution in [0, 0.1) is 5.92 Å². The number of rotatable bonds is 3. The number of hydrogen-bond donors (Lipinski definition) is 1. The van der Waals surface area contributed by atoms with Crippen LogP contribution in [0.15, 0.2) is 30.7 Å². The Morgan fingerprint density at radius 1 is 0.923 bits per heavy atom. The lowest BCUT2D eigenvalue weighted by atomic mass is 10.0. The molecule has 2 aromatic rings. The van der Waals surface area contributed by atoms with Crippen LogP contribution >= 0.6 is 0 Å². The summed E-state index contributed by atoms with van der Waals surface area (Å²) in [6, 6.07) is 6.04. The van der Waals surface area contributed by atoms with Gasteiger partial charge in [0.15, 0.2) is 11.6 Å². The van der Waals surface area contributed by atoms with Crippen molar-refractivity contribution < 1.29 is 0 Å². The minimum Gasteiger partial charge on any atom is -0.393 e. The van der Waals surface area contributed by atoms with Gasteiger partial charge in [-0.25, -0.2) is 15.0 Å². The highest BCUT2D eigenvalue weighted by Gasteiger charge is 2.25. The molecular formula is C19H27N7. The van der Waals surface area contributed by atoms with Crippen LogP contribution in [0.5, 0.6) is 0 Å². The summed E-state index contributed by atoms with van der Waals surface area (Å²) in [6.07, 6.45) is 5.98. The summed E-state index contributed by atoms with van der Waals surface area (Å²) in [5.74, 6) is 3.48. The van der Waals surface area contributed by atoms with Gasteiger partial charge in [0, 0.05) is 45.5 Å². The molecule has 0 aromatic carbocycles. The highest BCUT2D eigenvalue weighted by molar-refractivity contribution is 5.76. The molecule has 0 saturated carbocycles. The van der Waals surface area contributed by atoms with Gasteiger partial charge in [0.05, 0.1) is 0 Å². The van der Waals surface area contributed by atoms with Crippen molar-refractivity contribution in [2.75, 3.05) is 59.7 Å². The Labute approximate surface area is 154 Å². The van der Waals surface area contributed by atoms with Crippen molar-refractivity contribution >= 4 is 23.1 Å². The molecule has 0 amide bonds. The molecule has 2 aliphatic rings. The zero-order chi connectivity index (χ0) is 17.9. The molecule has 2 N–H and O–H groups in total. The second-order valence-electron chi connectivity index (χ2n) is 7.29. The van der Waals surface area contributed by atoms with Gasteiger partial charge in [0.2, 0.25) is 0 Å². The molecule has 1 atom stereocenters. The van der Waals surface area contributed by atoms with Crippen LogP contribution in [0.25, 0.3) is 0 Å². The largest absolute Gasteiger partial charge is 0.393 e. The maximum atomic E-state index is 6.50. The van der Waals surface area contributed by atoms with Crippen LogP contribution in [0.3, 0.4) is 0 Å². The number of anilines is 4. The maximum Gasteiger partial charge on any atom is 0.157 e. The van der Waals surface area contributed by atoms with Gasteiger partial charge in [-0.2, -0.15) is 0 Å². The molecular weight excluding hydrogens is 326 g/mol. The van der Waals surface area contributed by atoms with Gasteiger partial charge < -0.3 is 20.4 Å². The minimum absolute atomic E-state index is 0.684. The number of hydrogen-bond acceptors (Lipinski definition) is 7. The van der Waals surface area contributed by atoms with Crippen LogP contribution in [0.2, 0.25) is 0 Å². The lowest BCUT2D eigenvalue weighted by Gasteiger charge is -2.37. The number of piperazine rings is 1. The average Bonchev–Trinajstić information content (AvgIpc) is 2.69. The lowest BCUT2D eigenvalue weighted by molar-refractivity contribution is 0.445. The zero-order valence-electron chi connectivity index (χ0n) is 15.4. The van der Waals surface area contributed by atoms with Crippen molar-refractivity contribution in [1.82, 2.24) is 15.0 Å². The van der Waals surface area contributed by atoms with E-state index in [-0.39, 0.29) is 0 Å². The zero-order valence-corrected chi connectivity index (χ0v) is 15.4. The number of pyridine rings is 1. The average molecular weight is 353 g/mol. The standard InChI is InChI=1S/C19H27N7/c1-15-5-4-8-26(13-15)19-17(20)18(22-14-23-19)25-11-9-24(10-12-25)16-6-2-3-7-21-16/h2-3,6-7,14-15H,4-5,8-13,20H2,1H3. The predicted molar refractivity (Wildman–Crippen MR) is 106 cm³/mol. The Kier molecular flexibility index (Phi) is 4.77. The fourth-order valence-corrected chi connectivity index (χ4v) is 3.95. The molecule has 7 heteroatoms. The van der Waals surface area contributed by atoms with Gasteiger partial charge in [0.1, 0.15) is 17.8 Å². The van der Waals surface area contributed by atoms with Gasteiger partial charge in [-0.1, -0.05) is 13.0 Å². The van der Waals surface area contributed by atoms with Gasteiger partial charge in [-0.15, -0.1) is 0 Å². The van der Waals surface area contributed by atoms with Crippen molar-refractivity contribution in [3.63, 3.8) is 0 Å². The Morgan fingerprint density at radius 3 is 2.35 bits per heavy atom. The van der Waals surface area contributed by atoms with Crippen LogP contribution in [-0.2, 0) is 0 Å². The molecule has 0 radical (unpaired) electrons. The summed E-state index contributed by atoms with van der Waals surface area (Å²) in [7, 11) is 0. The van der Waals surface area contributed by atoms with Crippen LogP contribution in [-0.4, -0.2) is 54.2 Å². The molecule has 1 unspecified atom stereocenters. The first-order valence-electron chi connectivity index (χ1n) is 9.48. The van der Waals surface area contributed by atoms with Gasteiger partial charge >= 0.3 is 0 Å². The summed E-state index contributed by atoms with van der Waals surface area (Å²) < 4.78 is 0. The molecule has 138 valence electrons. The smallest absolute Gasteiger partial charge is 0.157 e. The van der Waals surface area contributed by atoms with E-state index in [4.69, 9.17) is 5.73 Å². The molecule has 2 aromatic heterocycles. The summed E-state index contributed by atoms with van der Waals surface area (Å²) in [5, 5.41) is 0. The van der Waals surface area contributed by atoms with E-state index in [1.807, 2.05) is 18.3 Å². The van der Waals surface area contributed by atoms with Crippen molar-refractivity contribution in [3.05, 3.63) is 30.7 Å². The van der Waals surface area contributed by atoms with Crippen molar-refractivity contribution in [1.29, 1.82) is 0 Å². The van der Waals surface area contributed by atoms with Crippen molar-refractivity contribution in [2.45, 2.75) is 19.8 Å². The molecule has 4 heterocycles. The van der Waals surface area contributed by atoms with E-state index in [0.717, 1.165) is 56.7 Å². The molecule has 2 saturated heterocycles. The Balaban J connectivity index is 1.48. The van der Waals surface area contributed by atoms with E-state index in [2.05, 4.69) is 42.6 Å². The van der Waals surface area contributed by atoms with Crippen molar-refractivity contribution in [3.8, 4) is 0 Å². The first-order chi connectivity index (χ1) is 12.7. The first kappa shape index (κ1) is 16.9. The van der Waals surface area contributed by atoms with E-state index in [9.17, 15) is 0 Å². The monoisotopic (exact) mass is 353 g/mol. The third kappa shape index (κ3) is 3.38. The van der Waals surface area contributed by atoms with Crippen LogP contribution in [0.1, 0.15) is 19.8 Å². The normalized spacial score (nSPS) is 21.1. The lowest BCUT2D eigenvalue weighted by Crippen LogP contribution is -2.47. The summed E-state index contributed by atoms with van der Waals surface area (Å²) in [4.78, 5) is 20.3. The fraction of sp³-hybridized carbons (Fsp3) is 0.526. The molecule has 0 spiro atoms. The van der Waals surface area contributed by atoms with E-state index in [0.29, 0.717) is 11.6 Å². The minimum atomic E-state index is 0.684. The second-order valence-corrected chi connectivity index (χ2v) is 7.29. The number of nitrogens with two attached hydrogens (primary N) is 1. The van der Waals surface area contributed by atoms with E-state index in [1.165, 1.54) is 12.8 Å². The molecule has 7 nitrogen and oxygen atoms in total. The highest BCUT2D eigenvalue weighted by Crippen LogP contribution is 2.32. The van der Waals surface area contributed by atoms with E-state index < -0.39 is 0 Å². The van der Waals surface area contributed by atoms with Crippen LogP contribution in [0.4, 0.5) is 23.1 Å². The van der Waals surface area contributed by atoms with E-state index in [1.54, 1.807) is 6.33 Å². The van der Waals surface area contributed by atoms with Gasteiger partial charge in [-0.05, 0) is 30.9 Å². The van der Waals surface area contributed by atoms with Crippen LogP contribution < -0.4 is 20.4 Å². The fourth-order valence-electron chi connectivity index (χ4n) is 3.95. The third-order valence-electron chi connectivity index (χ3n) is 5.35. The predicted octanol–water partition coefficient (Wildman–Crippen LogP) is 2.02. The summed E-state index contributed by atoms with van der Waals surface area (Å²) in [5.41, 5.74) is 7.22. The molecule has 2 aliphatic heterocycles. The molecule has 4 rings (SSSR count).